The van der Waals surface area contributed by atoms with Crippen molar-refractivity contribution in [3.8, 4) is 0 Å². The van der Waals surface area contributed by atoms with Gasteiger partial charge in [0, 0.05) is 6.42 Å². The van der Waals surface area contributed by atoms with Crippen LogP contribution < -0.4 is 0 Å². The molecule has 1 aliphatic rings. The van der Waals surface area contributed by atoms with E-state index < -0.39 is 5.97 Å². The van der Waals surface area contributed by atoms with Crippen LogP contribution in [0.4, 0.5) is 0 Å². The number of aliphatic carboxylic acids is 1. The lowest BCUT2D eigenvalue weighted by molar-refractivity contribution is -0.139. The summed E-state index contributed by atoms with van der Waals surface area (Å²) in [6, 6.07) is 0. The fraction of sp³-hybridized carbons (Fsp3) is 0.917. The Morgan fingerprint density at radius 1 is 1.27 bits per heavy atom. The van der Waals surface area contributed by atoms with Crippen molar-refractivity contribution in [2.45, 2.75) is 64.6 Å². The molecule has 3 nitrogen and oxygen atoms in total. The minimum absolute atomic E-state index is 0.0791. The molecule has 0 aromatic carbocycles. The van der Waals surface area contributed by atoms with E-state index in [2.05, 4.69) is 20.8 Å². The maximum Gasteiger partial charge on any atom is 0.303 e. The Labute approximate surface area is 91.8 Å². The van der Waals surface area contributed by atoms with Crippen LogP contribution in [0, 0.1) is 5.92 Å². The van der Waals surface area contributed by atoms with Crippen molar-refractivity contribution in [2.75, 3.05) is 0 Å². The Morgan fingerprint density at radius 3 is 2.20 bits per heavy atom. The summed E-state index contributed by atoms with van der Waals surface area (Å²) in [7, 11) is 0. The molecule has 1 aliphatic carbocycles. The maximum absolute atomic E-state index is 10.5. The van der Waals surface area contributed by atoms with Gasteiger partial charge >= 0.3 is 5.97 Å². The fourth-order valence-corrected chi connectivity index (χ4v) is 2.20. The summed E-state index contributed by atoms with van der Waals surface area (Å²) in [6.45, 7) is 6.20. The molecular formula is C12H22O3. The van der Waals surface area contributed by atoms with Gasteiger partial charge in [-0.25, -0.2) is 0 Å². The van der Waals surface area contributed by atoms with E-state index in [9.17, 15) is 4.79 Å². The fourth-order valence-electron chi connectivity index (χ4n) is 2.20. The molecule has 15 heavy (non-hydrogen) atoms. The van der Waals surface area contributed by atoms with Crippen LogP contribution in [0.2, 0.25) is 0 Å². The third kappa shape index (κ3) is 5.17. The second-order valence-electron chi connectivity index (χ2n) is 5.47. The van der Waals surface area contributed by atoms with Crippen LogP contribution in [0.5, 0.6) is 0 Å². The molecule has 88 valence electrons. The van der Waals surface area contributed by atoms with Gasteiger partial charge < -0.3 is 9.84 Å². The molecule has 1 saturated carbocycles. The number of hydrogen-bond donors (Lipinski definition) is 1. The Balaban J connectivity index is 2.27. The highest BCUT2D eigenvalue weighted by Gasteiger charge is 2.26. The molecule has 0 spiro atoms. The quantitative estimate of drug-likeness (QED) is 0.785. The topological polar surface area (TPSA) is 46.5 Å². The number of carbonyl (C=O) groups is 1. The van der Waals surface area contributed by atoms with Crippen LogP contribution in [0.3, 0.4) is 0 Å². The van der Waals surface area contributed by atoms with Gasteiger partial charge in [-0.1, -0.05) is 0 Å². The highest BCUT2D eigenvalue weighted by atomic mass is 16.5. The van der Waals surface area contributed by atoms with E-state index in [0.29, 0.717) is 18.4 Å². The Bertz CT molecular complexity index is 209. The zero-order chi connectivity index (χ0) is 11.5. The lowest BCUT2D eigenvalue weighted by atomic mass is 9.85. The maximum atomic E-state index is 10.5. The summed E-state index contributed by atoms with van der Waals surface area (Å²) in [5.74, 6) is -0.308. The molecule has 0 amide bonds. The summed E-state index contributed by atoms with van der Waals surface area (Å²) in [5.41, 5.74) is -0.0791. The number of carboxylic acid groups (broad SMARTS) is 1. The second-order valence-corrected chi connectivity index (χ2v) is 5.47. The van der Waals surface area contributed by atoms with Crippen molar-refractivity contribution < 1.29 is 14.6 Å². The number of ether oxygens (including phenoxy) is 1. The van der Waals surface area contributed by atoms with Crippen molar-refractivity contribution in [1.29, 1.82) is 0 Å². The molecule has 1 rings (SSSR count). The van der Waals surface area contributed by atoms with Gasteiger partial charge in [0.2, 0.25) is 0 Å². The van der Waals surface area contributed by atoms with Crippen LogP contribution in [0.1, 0.15) is 52.9 Å². The molecule has 1 fully saturated rings. The van der Waals surface area contributed by atoms with E-state index in [1.807, 2.05) is 0 Å². The molecule has 0 atom stereocenters. The Kier molecular flexibility index (Phi) is 4.14. The molecule has 0 heterocycles. The molecule has 0 aromatic heterocycles. The van der Waals surface area contributed by atoms with Gasteiger partial charge in [0.15, 0.2) is 0 Å². The minimum Gasteiger partial charge on any atom is -0.481 e. The van der Waals surface area contributed by atoms with E-state index >= 15 is 0 Å². The summed E-state index contributed by atoms with van der Waals surface area (Å²) in [6.07, 6.45) is 4.65. The van der Waals surface area contributed by atoms with Crippen LogP contribution in [-0.4, -0.2) is 22.8 Å². The predicted molar refractivity (Wildman–Crippen MR) is 58.8 cm³/mol. The van der Waals surface area contributed by atoms with E-state index in [-0.39, 0.29) is 5.60 Å². The third-order valence-electron chi connectivity index (χ3n) is 2.78. The van der Waals surface area contributed by atoms with Crippen LogP contribution in [0.15, 0.2) is 0 Å². The molecular weight excluding hydrogens is 192 g/mol. The van der Waals surface area contributed by atoms with Crippen molar-refractivity contribution in [3.63, 3.8) is 0 Å². The highest BCUT2D eigenvalue weighted by molar-refractivity contribution is 5.67. The van der Waals surface area contributed by atoms with Gasteiger partial charge in [0.25, 0.3) is 0 Å². The van der Waals surface area contributed by atoms with Crippen LogP contribution in [0.25, 0.3) is 0 Å². The molecule has 0 bridgehead atoms. The lowest BCUT2D eigenvalue weighted by Crippen LogP contribution is -2.31. The van der Waals surface area contributed by atoms with Crippen LogP contribution >= 0.6 is 0 Å². The first-order chi connectivity index (χ1) is 6.87. The zero-order valence-electron chi connectivity index (χ0n) is 9.95. The monoisotopic (exact) mass is 214 g/mol. The van der Waals surface area contributed by atoms with Gasteiger partial charge in [-0.05, 0) is 52.4 Å². The standard InChI is InChI=1S/C12H22O3/c1-12(2,3)15-10-6-4-9(5-7-10)8-11(13)14/h9-10H,4-8H2,1-3H3,(H,13,14). The largest absolute Gasteiger partial charge is 0.481 e. The van der Waals surface area contributed by atoms with Gasteiger partial charge in [-0.3, -0.25) is 4.79 Å². The number of rotatable bonds is 3. The third-order valence-corrected chi connectivity index (χ3v) is 2.78. The summed E-state index contributed by atoms with van der Waals surface area (Å²) < 4.78 is 5.88. The molecule has 0 unspecified atom stereocenters. The predicted octanol–water partition coefficient (Wildman–Crippen LogP) is 2.84. The van der Waals surface area contributed by atoms with E-state index in [4.69, 9.17) is 9.84 Å². The summed E-state index contributed by atoms with van der Waals surface area (Å²) in [4.78, 5) is 10.5. The summed E-state index contributed by atoms with van der Waals surface area (Å²) >= 11 is 0. The molecule has 0 aliphatic heterocycles. The summed E-state index contributed by atoms with van der Waals surface area (Å²) in [5, 5.41) is 8.69. The van der Waals surface area contributed by atoms with Crippen molar-refractivity contribution >= 4 is 5.97 Å². The minimum atomic E-state index is -0.671. The van der Waals surface area contributed by atoms with Gasteiger partial charge in [-0.2, -0.15) is 0 Å². The van der Waals surface area contributed by atoms with E-state index in [0.717, 1.165) is 25.7 Å². The second kappa shape index (κ2) is 4.97. The van der Waals surface area contributed by atoms with Crippen molar-refractivity contribution in [1.82, 2.24) is 0 Å². The van der Waals surface area contributed by atoms with Crippen molar-refractivity contribution in [2.24, 2.45) is 5.92 Å². The molecule has 0 saturated heterocycles. The van der Waals surface area contributed by atoms with Gasteiger partial charge in [0.05, 0.1) is 11.7 Å². The zero-order valence-corrected chi connectivity index (χ0v) is 9.95. The van der Waals surface area contributed by atoms with E-state index in [1.165, 1.54) is 0 Å². The normalized spacial score (nSPS) is 27.7. The first-order valence-corrected chi connectivity index (χ1v) is 5.76. The Morgan fingerprint density at radius 2 is 1.80 bits per heavy atom. The van der Waals surface area contributed by atoms with Crippen LogP contribution in [-0.2, 0) is 9.53 Å². The molecule has 0 radical (unpaired) electrons. The smallest absolute Gasteiger partial charge is 0.303 e. The lowest BCUT2D eigenvalue weighted by Gasteiger charge is -2.32. The molecule has 3 heteroatoms. The number of hydrogen-bond acceptors (Lipinski definition) is 2. The average molecular weight is 214 g/mol. The molecule has 1 N–H and O–H groups in total. The Hall–Kier alpha value is -0.570. The molecule has 0 aromatic rings. The first-order valence-electron chi connectivity index (χ1n) is 5.76. The average Bonchev–Trinajstić information content (AvgIpc) is 2.05. The SMILES string of the molecule is CC(C)(C)OC1CCC(CC(=O)O)CC1. The first kappa shape index (κ1) is 12.5. The number of carboxylic acids is 1. The van der Waals surface area contributed by atoms with Crippen molar-refractivity contribution in [3.05, 3.63) is 0 Å². The van der Waals surface area contributed by atoms with Gasteiger partial charge in [0.1, 0.15) is 0 Å². The van der Waals surface area contributed by atoms with E-state index in [1.54, 1.807) is 0 Å². The highest BCUT2D eigenvalue weighted by Crippen LogP contribution is 2.30. The van der Waals surface area contributed by atoms with Gasteiger partial charge in [-0.15, -0.1) is 0 Å².